The zero-order valence-electron chi connectivity index (χ0n) is 16.2. The van der Waals surface area contributed by atoms with E-state index in [1.54, 1.807) is 0 Å². The standard InChI is InChI=1S/C19H17F3N2O8/c20-19(21,22)8-10-1-3-11(4-2-10)9-31-18(30)24-6-5-23-16(27)13-7-12(25)14(26)15(32-13)17(28)29/h1-4,7,26H,5-6,8-9H2,(H,23,27)(H,24,30)(H,28,29). The van der Waals surface area contributed by atoms with Gasteiger partial charge in [0.2, 0.25) is 11.2 Å². The van der Waals surface area contributed by atoms with E-state index in [1.165, 1.54) is 24.3 Å². The Balaban J connectivity index is 1.75. The van der Waals surface area contributed by atoms with Crippen LogP contribution in [0.5, 0.6) is 5.75 Å². The summed E-state index contributed by atoms with van der Waals surface area (Å²) in [6, 6.07) is 5.95. The number of halogens is 3. The van der Waals surface area contributed by atoms with Crippen molar-refractivity contribution >= 4 is 18.0 Å². The fourth-order valence-corrected chi connectivity index (χ4v) is 2.36. The van der Waals surface area contributed by atoms with E-state index < -0.39 is 53.3 Å². The molecule has 2 aromatic rings. The molecule has 10 nitrogen and oxygen atoms in total. The summed E-state index contributed by atoms with van der Waals surface area (Å²) in [4.78, 5) is 45.9. The van der Waals surface area contributed by atoms with E-state index in [1.807, 2.05) is 0 Å². The summed E-state index contributed by atoms with van der Waals surface area (Å²) in [6.07, 6.45) is -6.24. The maximum absolute atomic E-state index is 12.3. The Labute approximate surface area is 177 Å². The van der Waals surface area contributed by atoms with Gasteiger partial charge in [0, 0.05) is 19.2 Å². The first-order valence-electron chi connectivity index (χ1n) is 8.90. The van der Waals surface area contributed by atoms with Crippen molar-refractivity contribution in [1.82, 2.24) is 10.6 Å². The van der Waals surface area contributed by atoms with Crippen molar-refractivity contribution in [2.75, 3.05) is 13.1 Å². The van der Waals surface area contributed by atoms with E-state index in [-0.39, 0.29) is 25.3 Å². The second kappa shape index (κ2) is 10.3. The molecule has 0 bridgehead atoms. The minimum absolute atomic E-state index is 0.0707. The van der Waals surface area contributed by atoms with Gasteiger partial charge in [0.1, 0.15) is 6.61 Å². The number of hydrogen-bond donors (Lipinski definition) is 4. The van der Waals surface area contributed by atoms with Crippen molar-refractivity contribution in [3.8, 4) is 5.75 Å². The molecule has 0 fully saturated rings. The van der Waals surface area contributed by atoms with E-state index in [0.717, 1.165) is 0 Å². The van der Waals surface area contributed by atoms with Crippen LogP contribution >= 0.6 is 0 Å². The number of nitrogens with one attached hydrogen (secondary N) is 2. The maximum atomic E-state index is 12.3. The van der Waals surface area contributed by atoms with Crippen LogP contribution in [0.3, 0.4) is 0 Å². The number of amides is 2. The SMILES string of the molecule is O=C(NCCNC(=O)c1cc(=O)c(O)c(C(=O)O)o1)OCc1ccc(CC(F)(F)F)cc1. The summed E-state index contributed by atoms with van der Waals surface area (Å²) in [5, 5.41) is 22.7. The zero-order valence-corrected chi connectivity index (χ0v) is 16.2. The summed E-state index contributed by atoms with van der Waals surface area (Å²) in [7, 11) is 0. The Morgan fingerprint density at radius 1 is 1.03 bits per heavy atom. The van der Waals surface area contributed by atoms with E-state index in [4.69, 9.17) is 9.84 Å². The highest BCUT2D eigenvalue weighted by Gasteiger charge is 2.27. The highest BCUT2D eigenvalue weighted by Crippen LogP contribution is 2.21. The lowest BCUT2D eigenvalue weighted by Gasteiger charge is -2.09. The number of carbonyl (C=O) groups is 3. The molecule has 0 saturated carbocycles. The first-order chi connectivity index (χ1) is 15.0. The smallest absolute Gasteiger partial charge is 0.407 e. The number of carboxylic acid groups (broad SMARTS) is 1. The number of benzene rings is 1. The third-order valence-corrected chi connectivity index (χ3v) is 3.82. The summed E-state index contributed by atoms with van der Waals surface area (Å²) in [6.45, 7) is -0.447. The molecule has 0 atom stereocenters. The monoisotopic (exact) mass is 458 g/mol. The van der Waals surface area contributed by atoms with Crippen LogP contribution in [-0.2, 0) is 17.8 Å². The van der Waals surface area contributed by atoms with Crippen LogP contribution in [0.2, 0.25) is 0 Å². The molecule has 2 rings (SSSR count). The second-order valence-electron chi connectivity index (χ2n) is 6.33. The van der Waals surface area contributed by atoms with Gasteiger partial charge in [-0.3, -0.25) is 9.59 Å². The van der Waals surface area contributed by atoms with Crippen molar-refractivity contribution < 1.29 is 46.9 Å². The molecule has 1 aromatic heterocycles. The van der Waals surface area contributed by atoms with Gasteiger partial charge in [0.05, 0.1) is 6.42 Å². The third-order valence-electron chi connectivity index (χ3n) is 3.82. The van der Waals surface area contributed by atoms with Gasteiger partial charge in [-0.25, -0.2) is 9.59 Å². The molecule has 0 aliphatic rings. The Hall–Kier alpha value is -4.03. The molecule has 13 heteroatoms. The predicted molar refractivity (Wildman–Crippen MR) is 100 cm³/mol. The van der Waals surface area contributed by atoms with Gasteiger partial charge in [-0.15, -0.1) is 0 Å². The van der Waals surface area contributed by atoms with Gasteiger partial charge in [0.25, 0.3) is 11.7 Å². The maximum Gasteiger partial charge on any atom is 0.407 e. The number of aromatic carboxylic acids is 1. The van der Waals surface area contributed by atoms with Crippen molar-refractivity contribution in [3.05, 3.63) is 63.2 Å². The molecule has 0 spiro atoms. The van der Waals surface area contributed by atoms with Crippen LogP contribution in [0.1, 0.15) is 32.2 Å². The van der Waals surface area contributed by atoms with Gasteiger partial charge >= 0.3 is 18.2 Å². The highest BCUT2D eigenvalue weighted by atomic mass is 19.4. The number of carbonyl (C=O) groups excluding carboxylic acids is 2. The number of carboxylic acids is 1. The van der Waals surface area contributed by atoms with Gasteiger partial charge in [-0.1, -0.05) is 24.3 Å². The molecule has 0 saturated heterocycles. The molecule has 32 heavy (non-hydrogen) atoms. The number of aromatic hydroxyl groups is 1. The topological polar surface area (TPSA) is 155 Å². The Morgan fingerprint density at radius 2 is 1.62 bits per heavy atom. The van der Waals surface area contributed by atoms with E-state index >= 15 is 0 Å². The lowest BCUT2D eigenvalue weighted by Crippen LogP contribution is -2.35. The quantitative estimate of drug-likeness (QED) is 0.437. The van der Waals surface area contributed by atoms with E-state index in [0.29, 0.717) is 11.6 Å². The highest BCUT2D eigenvalue weighted by molar-refractivity contribution is 5.93. The second-order valence-corrected chi connectivity index (χ2v) is 6.33. The number of rotatable bonds is 8. The average molecular weight is 458 g/mol. The van der Waals surface area contributed by atoms with Crippen LogP contribution < -0.4 is 16.1 Å². The Morgan fingerprint density at radius 3 is 2.22 bits per heavy atom. The van der Waals surface area contributed by atoms with Crippen LogP contribution in [0.4, 0.5) is 18.0 Å². The van der Waals surface area contributed by atoms with Crippen molar-refractivity contribution in [2.24, 2.45) is 0 Å². The largest absolute Gasteiger partial charge is 0.501 e. The zero-order chi connectivity index (χ0) is 23.9. The molecule has 1 aromatic carbocycles. The molecule has 2 amide bonds. The van der Waals surface area contributed by atoms with Gasteiger partial charge in [0.15, 0.2) is 5.76 Å². The number of alkyl halides is 3. The summed E-state index contributed by atoms with van der Waals surface area (Å²) < 4.78 is 46.5. The van der Waals surface area contributed by atoms with Crippen molar-refractivity contribution in [2.45, 2.75) is 19.2 Å². The molecule has 172 valence electrons. The van der Waals surface area contributed by atoms with Crippen LogP contribution in [0.15, 0.2) is 39.5 Å². The molecular weight excluding hydrogens is 441 g/mol. The fourth-order valence-electron chi connectivity index (χ4n) is 2.36. The minimum Gasteiger partial charge on any atom is -0.501 e. The molecule has 0 aliphatic heterocycles. The van der Waals surface area contributed by atoms with E-state index in [2.05, 4.69) is 15.1 Å². The molecular formula is C19H17F3N2O8. The molecule has 4 N–H and O–H groups in total. The Bertz CT molecular complexity index is 1050. The van der Waals surface area contributed by atoms with Gasteiger partial charge in [-0.05, 0) is 11.1 Å². The molecule has 0 radical (unpaired) electrons. The first-order valence-corrected chi connectivity index (χ1v) is 8.90. The van der Waals surface area contributed by atoms with Crippen LogP contribution in [-0.4, -0.2) is 47.4 Å². The van der Waals surface area contributed by atoms with Crippen molar-refractivity contribution in [3.63, 3.8) is 0 Å². The predicted octanol–water partition coefficient (Wildman–Crippen LogP) is 1.80. The fraction of sp³-hybridized carbons (Fsp3) is 0.263. The lowest BCUT2D eigenvalue weighted by atomic mass is 10.1. The molecule has 0 unspecified atom stereocenters. The van der Waals surface area contributed by atoms with Crippen molar-refractivity contribution in [1.29, 1.82) is 0 Å². The minimum atomic E-state index is -4.32. The normalized spacial score (nSPS) is 11.0. The van der Waals surface area contributed by atoms with Crippen LogP contribution in [0.25, 0.3) is 0 Å². The van der Waals surface area contributed by atoms with Gasteiger partial charge < -0.3 is 30.0 Å². The summed E-state index contributed by atoms with van der Waals surface area (Å²) >= 11 is 0. The lowest BCUT2D eigenvalue weighted by molar-refractivity contribution is -0.127. The summed E-state index contributed by atoms with van der Waals surface area (Å²) in [5.74, 6) is -5.58. The first kappa shape index (κ1) is 24.2. The summed E-state index contributed by atoms with van der Waals surface area (Å²) in [5.41, 5.74) is -0.579. The molecule has 1 heterocycles. The van der Waals surface area contributed by atoms with E-state index in [9.17, 15) is 37.5 Å². The van der Waals surface area contributed by atoms with Crippen LogP contribution in [0, 0.1) is 0 Å². The molecule has 0 aliphatic carbocycles. The Kier molecular flexibility index (Phi) is 7.82. The third kappa shape index (κ3) is 7.34. The average Bonchev–Trinajstić information content (AvgIpc) is 2.71. The number of alkyl carbamates (subject to hydrolysis) is 1. The number of hydrogen-bond acceptors (Lipinski definition) is 7. The van der Waals surface area contributed by atoms with Gasteiger partial charge in [-0.2, -0.15) is 13.2 Å². The number of ether oxygens (including phenoxy) is 1.